The van der Waals surface area contributed by atoms with E-state index in [2.05, 4.69) is 15.4 Å². The Kier molecular flexibility index (Phi) is 3.78. The summed E-state index contributed by atoms with van der Waals surface area (Å²) in [6, 6.07) is 0. The number of alkyl carbamates (subject to hydrolysis) is 1. The Morgan fingerprint density at radius 3 is 2.80 bits per heavy atom. The predicted molar refractivity (Wildman–Crippen MR) is 35.5 cm³/mol. The van der Waals surface area contributed by atoms with Gasteiger partial charge in [0.25, 0.3) is 0 Å². The molecule has 0 heterocycles. The van der Waals surface area contributed by atoms with Crippen LogP contribution in [0.1, 0.15) is 0 Å². The highest BCUT2D eigenvalue weighted by atomic mass is 16.6. The summed E-state index contributed by atoms with van der Waals surface area (Å²) in [5, 5.41) is 11.2. The third-order valence-corrected chi connectivity index (χ3v) is 0.670. The van der Waals surface area contributed by atoms with E-state index >= 15 is 0 Å². The lowest BCUT2D eigenvalue weighted by molar-refractivity contribution is 0.145. The molecule has 58 valence electrons. The van der Waals surface area contributed by atoms with Crippen LogP contribution in [-0.2, 0) is 4.74 Å². The standard InChI is InChI=1S/C4H10N4O2/c1-7-4(9)10-2-8-3(5)6/h2H2,1H3,(H,7,9)(H4,5,6,8). The Morgan fingerprint density at radius 1 is 1.80 bits per heavy atom. The van der Waals surface area contributed by atoms with Gasteiger partial charge in [0.2, 0.25) is 0 Å². The van der Waals surface area contributed by atoms with Gasteiger partial charge in [0, 0.05) is 7.05 Å². The fourth-order valence-electron chi connectivity index (χ4n) is 0.252. The zero-order valence-electron chi connectivity index (χ0n) is 5.60. The molecular weight excluding hydrogens is 136 g/mol. The number of rotatable bonds is 2. The van der Waals surface area contributed by atoms with E-state index < -0.39 is 6.09 Å². The molecule has 5 N–H and O–H groups in total. The van der Waals surface area contributed by atoms with Gasteiger partial charge in [-0.2, -0.15) is 0 Å². The molecule has 10 heavy (non-hydrogen) atoms. The van der Waals surface area contributed by atoms with Crippen molar-refractivity contribution in [1.82, 2.24) is 10.6 Å². The van der Waals surface area contributed by atoms with Crippen molar-refractivity contribution in [3.63, 3.8) is 0 Å². The summed E-state index contributed by atoms with van der Waals surface area (Å²) in [4.78, 5) is 10.3. The highest BCUT2D eigenvalue weighted by molar-refractivity contribution is 5.74. The summed E-state index contributed by atoms with van der Waals surface area (Å²) in [5.41, 5.74) is 4.88. The molecule has 0 bridgehead atoms. The maximum atomic E-state index is 10.3. The minimum atomic E-state index is -0.561. The number of guanidine groups is 1. The zero-order chi connectivity index (χ0) is 7.98. The van der Waals surface area contributed by atoms with Gasteiger partial charge in [-0.3, -0.25) is 5.41 Å². The molecule has 0 aliphatic heterocycles. The first-order chi connectivity index (χ1) is 4.66. The number of carbonyl (C=O) groups excluding carboxylic acids is 1. The second kappa shape index (κ2) is 4.42. The summed E-state index contributed by atoms with van der Waals surface area (Å²) >= 11 is 0. The summed E-state index contributed by atoms with van der Waals surface area (Å²) in [6.45, 7) is -0.0883. The fourth-order valence-corrected chi connectivity index (χ4v) is 0.252. The van der Waals surface area contributed by atoms with Crippen LogP contribution in [0.15, 0.2) is 0 Å². The maximum Gasteiger partial charge on any atom is 0.408 e. The summed E-state index contributed by atoms with van der Waals surface area (Å²) in [7, 11) is 1.44. The van der Waals surface area contributed by atoms with Crippen molar-refractivity contribution in [2.75, 3.05) is 13.8 Å². The summed E-state index contributed by atoms with van der Waals surface area (Å²) < 4.78 is 4.42. The molecule has 0 aromatic heterocycles. The lowest BCUT2D eigenvalue weighted by Crippen LogP contribution is -2.34. The smallest absolute Gasteiger partial charge is 0.408 e. The molecule has 6 nitrogen and oxygen atoms in total. The number of hydrogen-bond acceptors (Lipinski definition) is 3. The first-order valence-electron chi connectivity index (χ1n) is 2.59. The van der Waals surface area contributed by atoms with Crippen molar-refractivity contribution in [1.29, 1.82) is 5.41 Å². The average molecular weight is 146 g/mol. The van der Waals surface area contributed by atoms with Crippen LogP contribution in [0.2, 0.25) is 0 Å². The van der Waals surface area contributed by atoms with Crippen LogP contribution in [0.3, 0.4) is 0 Å². The predicted octanol–water partition coefficient (Wildman–Crippen LogP) is -1.22. The van der Waals surface area contributed by atoms with Gasteiger partial charge >= 0.3 is 6.09 Å². The number of hydrogen-bond donors (Lipinski definition) is 4. The van der Waals surface area contributed by atoms with Crippen molar-refractivity contribution in [2.24, 2.45) is 5.73 Å². The lowest BCUT2D eigenvalue weighted by atomic mass is 10.9. The number of carbonyl (C=O) groups is 1. The topological polar surface area (TPSA) is 100 Å². The maximum absolute atomic E-state index is 10.3. The Hall–Kier alpha value is -1.46. The van der Waals surface area contributed by atoms with Crippen LogP contribution in [0.4, 0.5) is 4.79 Å². The van der Waals surface area contributed by atoms with E-state index in [1.807, 2.05) is 0 Å². The molecule has 0 atom stereocenters. The zero-order valence-corrected chi connectivity index (χ0v) is 5.60. The van der Waals surface area contributed by atoms with Crippen molar-refractivity contribution in [3.8, 4) is 0 Å². The van der Waals surface area contributed by atoms with Gasteiger partial charge in [-0.25, -0.2) is 4.79 Å². The minimum absolute atomic E-state index is 0.0883. The van der Waals surface area contributed by atoms with Gasteiger partial charge in [0.15, 0.2) is 12.7 Å². The fraction of sp³-hybridized carbons (Fsp3) is 0.500. The molecule has 6 heteroatoms. The molecular formula is C4H10N4O2. The highest BCUT2D eigenvalue weighted by Crippen LogP contribution is 1.70. The minimum Gasteiger partial charge on any atom is -0.428 e. The first kappa shape index (κ1) is 8.54. The summed E-state index contributed by atoms with van der Waals surface area (Å²) in [5.74, 6) is -0.232. The molecule has 0 saturated carbocycles. The second-order valence-corrected chi connectivity index (χ2v) is 1.42. The quantitative estimate of drug-likeness (QED) is 0.223. The van der Waals surface area contributed by atoms with E-state index in [1.165, 1.54) is 7.05 Å². The highest BCUT2D eigenvalue weighted by Gasteiger charge is 1.94. The van der Waals surface area contributed by atoms with Crippen molar-refractivity contribution >= 4 is 12.1 Å². The Bertz CT molecular complexity index is 135. The monoisotopic (exact) mass is 146 g/mol. The number of nitrogens with one attached hydrogen (secondary N) is 3. The molecule has 0 saturated heterocycles. The van der Waals surface area contributed by atoms with Gasteiger partial charge in [-0.05, 0) is 0 Å². The lowest BCUT2D eigenvalue weighted by Gasteiger charge is -2.03. The van der Waals surface area contributed by atoms with Gasteiger partial charge < -0.3 is 21.1 Å². The van der Waals surface area contributed by atoms with Gasteiger partial charge in [0.05, 0.1) is 0 Å². The normalized spacial score (nSPS) is 8.10. The second-order valence-electron chi connectivity index (χ2n) is 1.42. The molecule has 0 unspecified atom stereocenters. The van der Waals surface area contributed by atoms with Crippen LogP contribution in [0.25, 0.3) is 0 Å². The molecule has 0 spiro atoms. The SMILES string of the molecule is CNC(=O)OCNC(=N)N. The molecule has 0 rings (SSSR count). The van der Waals surface area contributed by atoms with Gasteiger partial charge in [-0.1, -0.05) is 0 Å². The van der Waals surface area contributed by atoms with E-state index in [0.29, 0.717) is 0 Å². The Balaban J connectivity index is 3.20. The largest absolute Gasteiger partial charge is 0.428 e. The first-order valence-corrected chi connectivity index (χ1v) is 2.59. The molecule has 0 radical (unpaired) electrons. The third-order valence-electron chi connectivity index (χ3n) is 0.670. The Morgan fingerprint density at radius 2 is 2.40 bits per heavy atom. The molecule has 0 aromatic rings. The van der Waals surface area contributed by atoms with Crippen LogP contribution >= 0.6 is 0 Å². The molecule has 1 amide bonds. The number of nitrogens with two attached hydrogens (primary N) is 1. The van der Waals surface area contributed by atoms with Crippen LogP contribution < -0.4 is 16.4 Å². The van der Waals surface area contributed by atoms with Crippen LogP contribution in [0.5, 0.6) is 0 Å². The van der Waals surface area contributed by atoms with E-state index in [1.54, 1.807) is 0 Å². The molecule has 0 aliphatic rings. The number of amides is 1. The van der Waals surface area contributed by atoms with E-state index in [9.17, 15) is 4.79 Å². The molecule has 0 aromatic carbocycles. The Labute approximate surface area is 58.2 Å². The van der Waals surface area contributed by atoms with E-state index in [4.69, 9.17) is 11.1 Å². The third kappa shape index (κ3) is 4.69. The van der Waals surface area contributed by atoms with Crippen molar-refractivity contribution < 1.29 is 9.53 Å². The van der Waals surface area contributed by atoms with Gasteiger partial charge in [-0.15, -0.1) is 0 Å². The van der Waals surface area contributed by atoms with Crippen molar-refractivity contribution in [3.05, 3.63) is 0 Å². The average Bonchev–Trinajstić information content (AvgIpc) is 1.87. The van der Waals surface area contributed by atoms with Crippen LogP contribution in [-0.4, -0.2) is 25.8 Å². The molecule has 0 fully saturated rings. The van der Waals surface area contributed by atoms with E-state index in [0.717, 1.165) is 0 Å². The summed E-state index contributed by atoms with van der Waals surface area (Å²) in [6.07, 6.45) is -0.561. The van der Waals surface area contributed by atoms with Crippen LogP contribution in [0, 0.1) is 5.41 Å². The van der Waals surface area contributed by atoms with E-state index in [-0.39, 0.29) is 12.7 Å². The van der Waals surface area contributed by atoms with Gasteiger partial charge in [0.1, 0.15) is 0 Å². The molecule has 0 aliphatic carbocycles. The van der Waals surface area contributed by atoms with Crippen molar-refractivity contribution in [2.45, 2.75) is 0 Å². The number of ether oxygens (including phenoxy) is 1.